The molecule has 1 aliphatic heterocycles. The van der Waals surface area contributed by atoms with Crippen LogP contribution in [-0.4, -0.2) is 39.2 Å². The molecule has 2 aromatic carbocycles. The maximum Gasteiger partial charge on any atom is 0.334 e. The lowest BCUT2D eigenvalue weighted by atomic mass is 10.1. The third kappa shape index (κ3) is 3.89. The average Bonchev–Trinajstić information content (AvgIpc) is 2.67. The molecule has 0 aromatic heterocycles. The topological polar surface area (TPSA) is 95.1 Å². The second-order valence-corrected chi connectivity index (χ2v) is 5.78. The zero-order valence-corrected chi connectivity index (χ0v) is 15.2. The van der Waals surface area contributed by atoms with Crippen molar-refractivity contribution in [1.29, 1.82) is 0 Å². The number of carbonyl (C=O) groups excluding carboxylic acids is 2. The highest BCUT2D eigenvalue weighted by atomic mass is 16.5. The fraction of sp³-hybridized carbons (Fsp3) is 0.263. The number of ether oxygens (including phenoxy) is 4. The summed E-state index contributed by atoms with van der Waals surface area (Å²) in [4.78, 5) is 24.5. The largest absolute Gasteiger partial charge is 0.493 e. The number of hydrogen-bond acceptors (Lipinski definition) is 7. The van der Waals surface area contributed by atoms with Gasteiger partial charge in [-0.2, -0.15) is 0 Å². The Labute approximate surface area is 156 Å². The first-order chi connectivity index (χ1) is 13.0. The van der Waals surface area contributed by atoms with Gasteiger partial charge in [0.2, 0.25) is 11.7 Å². The van der Waals surface area contributed by atoms with Crippen molar-refractivity contribution in [3.63, 3.8) is 0 Å². The number of anilines is 2. The molecule has 1 heterocycles. The summed E-state index contributed by atoms with van der Waals surface area (Å²) in [6.07, 6.45) is -0.0934. The average molecular weight is 372 g/mol. The molecule has 0 unspecified atom stereocenters. The predicted molar refractivity (Wildman–Crippen MR) is 98.8 cm³/mol. The summed E-state index contributed by atoms with van der Waals surface area (Å²) < 4.78 is 21.0. The Bertz CT molecular complexity index is 842. The molecule has 2 N–H and O–H groups in total. The van der Waals surface area contributed by atoms with Crippen LogP contribution < -0.4 is 29.6 Å². The van der Waals surface area contributed by atoms with E-state index in [0.29, 0.717) is 34.4 Å². The zero-order valence-electron chi connectivity index (χ0n) is 15.2. The van der Waals surface area contributed by atoms with Gasteiger partial charge in [-0.1, -0.05) is 12.1 Å². The molecule has 0 bridgehead atoms. The third-order valence-electron chi connectivity index (χ3n) is 4.05. The highest BCUT2D eigenvalue weighted by Gasteiger charge is 2.29. The van der Waals surface area contributed by atoms with Crippen molar-refractivity contribution in [2.75, 3.05) is 32.0 Å². The van der Waals surface area contributed by atoms with Crippen LogP contribution in [0.1, 0.15) is 6.42 Å². The molecule has 2 aromatic rings. The van der Waals surface area contributed by atoms with E-state index in [4.69, 9.17) is 18.9 Å². The van der Waals surface area contributed by atoms with E-state index < -0.39 is 12.0 Å². The van der Waals surface area contributed by atoms with E-state index >= 15 is 0 Å². The fourth-order valence-electron chi connectivity index (χ4n) is 2.79. The minimum absolute atomic E-state index is 0.0934. The number of hydrogen-bond donors (Lipinski definition) is 2. The Morgan fingerprint density at radius 3 is 2.41 bits per heavy atom. The number of esters is 1. The number of rotatable bonds is 6. The third-order valence-corrected chi connectivity index (χ3v) is 4.05. The lowest BCUT2D eigenvalue weighted by Crippen LogP contribution is -2.39. The number of methoxy groups -OCH3 is 3. The molecule has 0 aliphatic carbocycles. The van der Waals surface area contributed by atoms with Crippen LogP contribution >= 0.6 is 0 Å². The maximum absolute atomic E-state index is 12.4. The highest BCUT2D eigenvalue weighted by Crippen LogP contribution is 2.40. The first-order valence-electron chi connectivity index (χ1n) is 8.22. The first-order valence-corrected chi connectivity index (χ1v) is 8.22. The van der Waals surface area contributed by atoms with Crippen LogP contribution in [0.5, 0.6) is 23.0 Å². The molecule has 0 radical (unpaired) electrons. The van der Waals surface area contributed by atoms with Crippen molar-refractivity contribution < 1.29 is 28.5 Å². The van der Waals surface area contributed by atoms with Crippen LogP contribution in [0.15, 0.2) is 36.4 Å². The summed E-state index contributed by atoms with van der Waals surface area (Å²) in [7, 11) is 4.47. The number of benzene rings is 2. The maximum atomic E-state index is 12.4. The Morgan fingerprint density at radius 1 is 1.11 bits per heavy atom. The molecule has 27 heavy (non-hydrogen) atoms. The summed E-state index contributed by atoms with van der Waals surface area (Å²) in [5, 5.41) is 5.75. The Hall–Kier alpha value is -3.42. The van der Waals surface area contributed by atoms with Gasteiger partial charge in [-0.3, -0.25) is 4.79 Å². The zero-order chi connectivity index (χ0) is 19.4. The van der Waals surface area contributed by atoms with Crippen LogP contribution in [0, 0.1) is 0 Å². The minimum Gasteiger partial charge on any atom is -0.493 e. The number of amides is 1. The Morgan fingerprint density at radius 2 is 1.78 bits per heavy atom. The molecule has 8 nitrogen and oxygen atoms in total. The number of carbonyl (C=O) groups is 2. The van der Waals surface area contributed by atoms with Gasteiger partial charge in [0.15, 0.2) is 17.2 Å². The van der Waals surface area contributed by atoms with Crippen LogP contribution in [0.2, 0.25) is 0 Å². The summed E-state index contributed by atoms with van der Waals surface area (Å²) in [5.41, 5.74) is 1.13. The second kappa shape index (κ2) is 7.86. The first kappa shape index (κ1) is 18.4. The quantitative estimate of drug-likeness (QED) is 0.594. The van der Waals surface area contributed by atoms with Crippen molar-refractivity contribution >= 4 is 23.3 Å². The molecule has 1 atom stereocenters. The van der Waals surface area contributed by atoms with Gasteiger partial charge in [-0.05, 0) is 12.1 Å². The minimum atomic E-state index is -0.776. The molecule has 0 spiro atoms. The van der Waals surface area contributed by atoms with Gasteiger partial charge in [0.1, 0.15) is 6.04 Å². The molecule has 3 rings (SSSR count). The molecule has 0 saturated carbocycles. The number of fused-ring (bicyclic) bond motifs is 1. The highest BCUT2D eigenvalue weighted by molar-refractivity contribution is 5.97. The van der Waals surface area contributed by atoms with Gasteiger partial charge >= 0.3 is 5.97 Å². The van der Waals surface area contributed by atoms with Crippen molar-refractivity contribution in [3.05, 3.63) is 36.4 Å². The van der Waals surface area contributed by atoms with Gasteiger partial charge in [-0.15, -0.1) is 0 Å². The van der Waals surface area contributed by atoms with Crippen LogP contribution in [-0.2, 0) is 9.59 Å². The van der Waals surface area contributed by atoms with Gasteiger partial charge in [-0.25, -0.2) is 4.79 Å². The molecule has 0 fully saturated rings. The standard InChI is InChI=1S/C19H20N2O6/c1-24-15-8-11(9-16(25-2)18(15)26-3)20-17(22)10-13-19(23)27-14-7-5-4-6-12(14)21-13/h4-9,13,21H,10H2,1-3H3,(H,20,22)/t13-/m0/s1. The van der Waals surface area contributed by atoms with Crippen molar-refractivity contribution in [2.24, 2.45) is 0 Å². The van der Waals surface area contributed by atoms with Crippen molar-refractivity contribution in [3.8, 4) is 23.0 Å². The van der Waals surface area contributed by atoms with E-state index in [9.17, 15) is 9.59 Å². The molecular weight excluding hydrogens is 352 g/mol. The van der Waals surface area contributed by atoms with Crippen LogP contribution in [0.4, 0.5) is 11.4 Å². The van der Waals surface area contributed by atoms with E-state index in [-0.39, 0.29) is 12.3 Å². The molecule has 142 valence electrons. The summed E-state index contributed by atoms with van der Waals surface area (Å²) in [5.74, 6) is 0.829. The number of para-hydroxylation sites is 2. The molecule has 1 aliphatic rings. The van der Waals surface area contributed by atoms with Gasteiger partial charge in [0.25, 0.3) is 0 Å². The van der Waals surface area contributed by atoms with Crippen molar-refractivity contribution in [2.45, 2.75) is 12.5 Å². The Balaban J connectivity index is 1.72. The fourth-order valence-corrected chi connectivity index (χ4v) is 2.79. The smallest absolute Gasteiger partial charge is 0.334 e. The normalized spacial score (nSPS) is 15.1. The lowest BCUT2D eigenvalue weighted by molar-refractivity contribution is -0.137. The van der Waals surface area contributed by atoms with Gasteiger partial charge < -0.3 is 29.6 Å². The van der Waals surface area contributed by atoms with Crippen LogP contribution in [0.25, 0.3) is 0 Å². The van der Waals surface area contributed by atoms with E-state index in [1.165, 1.54) is 21.3 Å². The summed E-state index contributed by atoms with van der Waals surface area (Å²) >= 11 is 0. The monoisotopic (exact) mass is 372 g/mol. The van der Waals surface area contributed by atoms with E-state index in [1.807, 2.05) is 6.07 Å². The predicted octanol–water partition coefficient (Wildman–Crippen LogP) is 2.44. The Kier molecular flexibility index (Phi) is 5.35. The second-order valence-electron chi connectivity index (χ2n) is 5.78. The SMILES string of the molecule is COc1cc(NC(=O)C[C@@H]2Nc3ccccc3OC2=O)cc(OC)c1OC. The number of nitrogens with one attached hydrogen (secondary N) is 2. The van der Waals surface area contributed by atoms with Gasteiger partial charge in [0, 0.05) is 17.8 Å². The van der Waals surface area contributed by atoms with Gasteiger partial charge in [0.05, 0.1) is 33.4 Å². The van der Waals surface area contributed by atoms with Crippen molar-refractivity contribution in [1.82, 2.24) is 0 Å². The molecule has 8 heteroatoms. The molecule has 1 amide bonds. The van der Waals surface area contributed by atoms with Crippen LogP contribution in [0.3, 0.4) is 0 Å². The lowest BCUT2D eigenvalue weighted by Gasteiger charge is -2.25. The molecular formula is C19H20N2O6. The van der Waals surface area contributed by atoms with E-state index in [2.05, 4.69) is 10.6 Å². The summed E-state index contributed by atoms with van der Waals surface area (Å²) in [6.45, 7) is 0. The summed E-state index contributed by atoms with van der Waals surface area (Å²) in [6, 6.07) is 9.51. The van der Waals surface area contributed by atoms with E-state index in [1.54, 1.807) is 30.3 Å². The molecule has 0 saturated heterocycles. The van der Waals surface area contributed by atoms with E-state index in [0.717, 1.165) is 0 Å².